The highest BCUT2D eigenvalue weighted by atomic mass is 35.5. The van der Waals surface area contributed by atoms with Crippen LogP contribution in [0.4, 0.5) is 5.82 Å². The predicted octanol–water partition coefficient (Wildman–Crippen LogP) is 3.31. The minimum atomic E-state index is -0.686. The minimum absolute atomic E-state index is 0.0389. The van der Waals surface area contributed by atoms with E-state index in [2.05, 4.69) is 15.3 Å². The summed E-state index contributed by atoms with van der Waals surface area (Å²) in [6.45, 7) is 0. The number of hydrogen-bond donors (Lipinski definition) is 2. The second kappa shape index (κ2) is 5.37. The number of nitrogens with one attached hydrogen (secondary N) is 1. The molecule has 0 aromatic carbocycles. The number of carboxylic acids is 1. The summed E-state index contributed by atoms with van der Waals surface area (Å²) in [7, 11) is 0. The van der Waals surface area contributed by atoms with Crippen LogP contribution in [0.25, 0.3) is 0 Å². The third-order valence-corrected chi connectivity index (χ3v) is 5.70. The Bertz CT molecular complexity index is 597. The van der Waals surface area contributed by atoms with Crippen molar-refractivity contribution in [3.05, 3.63) is 17.0 Å². The van der Waals surface area contributed by atoms with Crippen molar-refractivity contribution in [3.8, 4) is 0 Å². The lowest BCUT2D eigenvalue weighted by atomic mass is 9.61. The molecule has 0 radical (unpaired) electrons. The van der Waals surface area contributed by atoms with E-state index in [1.165, 1.54) is 0 Å². The highest BCUT2D eigenvalue weighted by Crippen LogP contribution is 2.46. The van der Waals surface area contributed by atoms with E-state index in [0.717, 1.165) is 44.2 Å². The van der Waals surface area contributed by atoms with E-state index >= 15 is 0 Å². The number of fused-ring (bicyclic) bond motifs is 3. The van der Waals surface area contributed by atoms with E-state index in [4.69, 9.17) is 11.6 Å². The van der Waals surface area contributed by atoms with Crippen LogP contribution in [0.2, 0.25) is 5.28 Å². The minimum Gasteiger partial charge on any atom is -0.481 e. The Hall–Kier alpha value is -1.36. The molecular weight excluding hydrogens is 302 g/mol. The summed E-state index contributed by atoms with van der Waals surface area (Å²) < 4.78 is 0. The van der Waals surface area contributed by atoms with Gasteiger partial charge in [0.2, 0.25) is 5.28 Å². The molecule has 1 heterocycles. The van der Waals surface area contributed by atoms with Crippen molar-refractivity contribution in [2.45, 2.75) is 50.5 Å². The van der Waals surface area contributed by atoms with Gasteiger partial charge in [-0.2, -0.15) is 0 Å². The Morgan fingerprint density at radius 1 is 1.14 bits per heavy atom. The molecule has 0 spiro atoms. The summed E-state index contributed by atoms with van der Waals surface area (Å²) in [5.41, 5.74) is 0.982. The number of rotatable bonds is 4. The summed E-state index contributed by atoms with van der Waals surface area (Å²) in [5.74, 6) is 0.898. The second-order valence-electron chi connectivity index (χ2n) is 6.93. The summed E-state index contributed by atoms with van der Waals surface area (Å²) in [6.07, 6.45) is 6.60. The van der Waals surface area contributed by atoms with Crippen LogP contribution in [0.5, 0.6) is 0 Å². The fourth-order valence-electron chi connectivity index (χ4n) is 4.28. The van der Waals surface area contributed by atoms with Crippen LogP contribution in [0.15, 0.2) is 6.07 Å². The van der Waals surface area contributed by atoms with Gasteiger partial charge < -0.3 is 10.4 Å². The second-order valence-corrected chi connectivity index (χ2v) is 7.27. The lowest BCUT2D eigenvalue weighted by molar-refractivity contribution is -0.148. The van der Waals surface area contributed by atoms with Crippen LogP contribution >= 0.6 is 11.6 Å². The lowest BCUT2D eigenvalue weighted by Crippen LogP contribution is -2.51. The van der Waals surface area contributed by atoms with E-state index in [9.17, 15) is 9.90 Å². The topological polar surface area (TPSA) is 75.1 Å². The molecule has 0 aliphatic heterocycles. The Labute approximate surface area is 134 Å². The molecule has 0 saturated heterocycles. The summed E-state index contributed by atoms with van der Waals surface area (Å²) in [5, 5.41) is 13.3. The molecule has 2 N–H and O–H groups in total. The zero-order valence-corrected chi connectivity index (χ0v) is 13.1. The highest BCUT2D eigenvalue weighted by molar-refractivity contribution is 6.28. The van der Waals surface area contributed by atoms with Crippen LogP contribution in [-0.4, -0.2) is 27.1 Å². The zero-order chi connectivity index (χ0) is 15.3. The number of carbonyl (C=O) groups is 1. The summed E-state index contributed by atoms with van der Waals surface area (Å²) in [4.78, 5) is 20.3. The zero-order valence-electron chi connectivity index (χ0n) is 12.3. The van der Waals surface area contributed by atoms with Gasteiger partial charge in [0.15, 0.2) is 0 Å². The number of aliphatic carboxylic acids is 1. The van der Waals surface area contributed by atoms with Crippen molar-refractivity contribution in [2.24, 2.45) is 17.8 Å². The van der Waals surface area contributed by atoms with Gasteiger partial charge in [-0.25, -0.2) is 9.97 Å². The maximum absolute atomic E-state index is 11.7. The lowest BCUT2D eigenvalue weighted by Gasteiger charge is -2.47. The number of halogens is 1. The molecule has 4 saturated carbocycles. The molecule has 2 atom stereocenters. The summed E-state index contributed by atoms with van der Waals surface area (Å²) >= 11 is 6.04. The van der Waals surface area contributed by atoms with Gasteiger partial charge in [0.25, 0.3) is 0 Å². The molecule has 5 nitrogen and oxygen atoms in total. The third-order valence-electron chi connectivity index (χ3n) is 5.53. The van der Waals surface area contributed by atoms with Gasteiger partial charge in [0.05, 0.1) is 11.6 Å². The SMILES string of the molecule is O=C(O)C1C2CCC(CC2)C1Nc1cc(C2CC2)nc(Cl)n1. The van der Waals surface area contributed by atoms with Crippen LogP contribution in [0.3, 0.4) is 0 Å². The first-order valence-corrected chi connectivity index (χ1v) is 8.53. The molecule has 1 aromatic rings. The van der Waals surface area contributed by atoms with E-state index in [-0.39, 0.29) is 17.2 Å². The van der Waals surface area contributed by atoms with Crippen molar-refractivity contribution < 1.29 is 9.90 Å². The molecule has 2 unspecified atom stereocenters. The van der Waals surface area contributed by atoms with Crippen molar-refractivity contribution in [2.75, 3.05) is 5.32 Å². The molecule has 1 aromatic heterocycles. The van der Waals surface area contributed by atoms with Crippen molar-refractivity contribution in [3.63, 3.8) is 0 Å². The van der Waals surface area contributed by atoms with Gasteiger partial charge >= 0.3 is 5.97 Å². The standard InChI is InChI=1S/C16H20ClN3O2/c17-16-18-11(8-1-2-8)7-12(20-16)19-14-10-5-3-9(4-6-10)13(14)15(21)22/h7-10,13-14H,1-6H2,(H,21,22)(H,18,19,20). The quantitative estimate of drug-likeness (QED) is 0.832. The fraction of sp³-hybridized carbons (Fsp3) is 0.688. The van der Waals surface area contributed by atoms with Crippen molar-refractivity contribution in [1.82, 2.24) is 9.97 Å². The largest absolute Gasteiger partial charge is 0.481 e. The molecule has 6 heteroatoms. The van der Waals surface area contributed by atoms with Crippen LogP contribution in [-0.2, 0) is 4.79 Å². The molecule has 4 aliphatic rings. The van der Waals surface area contributed by atoms with Crippen LogP contribution in [0.1, 0.15) is 50.1 Å². The van der Waals surface area contributed by atoms with Gasteiger partial charge in [-0.3, -0.25) is 4.79 Å². The normalized spacial score (nSPS) is 33.7. The van der Waals surface area contributed by atoms with E-state index in [1.807, 2.05) is 6.07 Å². The Morgan fingerprint density at radius 2 is 1.82 bits per heavy atom. The molecule has 5 rings (SSSR count). The number of nitrogens with zero attached hydrogens (tertiary/aromatic N) is 2. The van der Waals surface area contributed by atoms with Gasteiger partial charge in [0.1, 0.15) is 5.82 Å². The number of anilines is 1. The maximum atomic E-state index is 11.7. The summed E-state index contributed by atoms with van der Waals surface area (Å²) in [6, 6.07) is 1.91. The Kier molecular flexibility index (Phi) is 3.48. The van der Waals surface area contributed by atoms with Crippen LogP contribution in [0, 0.1) is 17.8 Å². The predicted molar refractivity (Wildman–Crippen MR) is 83.0 cm³/mol. The Balaban J connectivity index is 1.60. The average Bonchev–Trinajstić information content (AvgIpc) is 3.32. The molecule has 118 valence electrons. The van der Waals surface area contributed by atoms with Gasteiger partial charge in [-0.15, -0.1) is 0 Å². The molecule has 4 fully saturated rings. The average molecular weight is 322 g/mol. The first-order valence-electron chi connectivity index (χ1n) is 8.15. The van der Waals surface area contributed by atoms with Gasteiger partial charge in [-0.05, 0) is 62.0 Å². The van der Waals surface area contributed by atoms with E-state index in [0.29, 0.717) is 23.6 Å². The number of hydrogen-bond acceptors (Lipinski definition) is 4. The monoisotopic (exact) mass is 321 g/mol. The van der Waals surface area contributed by atoms with Crippen molar-refractivity contribution in [1.29, 1.82) is 0 Å². The van der Waals surface area contributed by atoms with Gasteiger partial charge in [0, 0.05) is 18.0 Å². The molecule has 2 bridgehead atoms. The number of aromatic nitrogens is 2. The van der Waals surface area contributed by atoms with Crippen LogP contribution < -0.4 is 5.32 Å². The third kappa shape index (κ3) is 2.56. The molecular formula is C16H20ClN3O2. The van der Waals surface area contributed by atoms with Crippen molar-refractivity contribution >= 4 is 23.4 Å². The highest BCUT2D eigenvalue weighted by Gasteiger charge is 2.47. The molecule has 4 aliphatic carbocycles. The van der Waals surface area contributed by atoms with E-state index < -0.39 is 5.97 Å². The smallest absolute Gasteiger partial charge is 0.308 e. The Morgan fingerprint density at radius 3 is 2.45 bits per heavy atom. The molecule has 0 amide bonds. The van der Waals surface area contributed by atoms with Gasteiger partial charge in [-0.1, -0.05) is 0 Å². The molecule has 22 heavy (non-hydrogen) atoms. The first kappa shape index (κ1) is 14.2. The number of carboxylic acid groups (broad SMARTS) is 1. The maximum Gasteiger partial charge on any atom is 0.308 e. The fourth-order valence-corrected chi connectivity index (χ4v) is 4.47. The van der Waals surface area contributed by atoms with E-state index in [1.54, 1.807) is 0 Å². The first-order chi connectivity index (χ1) is 10.6.